The van der Waals surface area contributed by atoms with Gasteiger partial charge in [0.15, 0.2) is 17.1 Å². The van der Waals surface area contributed by atoms with Crippen LogP contribution >= 0.6 is 0 Å². The van der Waals surface area contributed by atoms with E-state index in [-0.39, 0.29) is 25.0 Å². The first-order valence-corrected chi connectivity index (χ1v) is 21.9. The summed E-state index contributed by atoms with van der Waals surface area (Å²) >= 11 is 0. The van der Waals surface area contributed by atoms with Crippen LogP contribution in [0.25, 0.3) is 33.3 Å². The van der Waals surface area contributed by atoms with Crippen molar-refractivity contribution in [3.8, 4) is 17.0 Å². The number of ether oxygens (including phenoxy) is 2. The predicted molar refractivity (Wildman–Crippen MR) is 217 cm³/mol. The Kier molecular flexibility index (Phi) is 10.6. The van der Waals surface area contributed by atoms with E-state index < -0.39 is 74.2 Å². The lowest BCUT2D eigenvalue weighted by atomic mass is 9.85. The third-order valence-electron chi connectivity index (χ3n) is 11.6. The molecule has 3 heterocycles. The number of Topliss-reactive ketones (excluding diaryl/α,β-unsaturated/α-hetero) is 1. The number of rotatable bonds is 7. The SMILES string of the molecule is CC(C)(C)OC(=O)N[C@H]1CCCCC/C=C\[C@@H]2C[C@@]2(C(=O)NS(=O)(=O)C2CC2)NC(=O)[C@@H]2C[C@@H](Oc3cc(-c4ccccc4)nc4c3oc3ccccc34)CC2C1=O. The number of alkyl carbamates (subject to hydrolysis) is 1. The highest BCUT2D eigenvalue weighted by Crippen LogP contribution is 2.47. The molecule has 14 heteroatoms. The lowest BCUT2D eigenvalue weighted by Gasteiger charge is -2.27. The normalized spacial score (nSPS) is 27.3. The van der Waals surface area contributed by atoms with Crippen LogP contribution in [-0.2, 0) is 29.1 Å². The molecule has 1 aliphatic heterocycles. The van der Waals surface area contributed by atoms with Crippen LogP contribution in [0.1, 0.15) is 85.0 Å². The molecule has 4 aromatic rings. The van der Waals surface area contributed by atoms with Gasteiger partial charge in [0.25, 0.3) is 5.91 Å². The van der Waals surface area contributed by atoms with Gasteiger partial charge in [-0.1, -0.05) is 67.5 Å². The molecule has 58 heavy (non-hydrogen) atoms. The summed E-state index contributed by atoms with van der Waals surface area (Å²) in [6, 6.07) is 18.1. The van der Waals surface area contributed by atoms with Gasteiger partial charge in [0.1, 0.15) is 28.3 Å². The molecule has 0 saturated heterocycles. The number of fused-ring (bicyclic) bond motifs is 5. The fourth-order valence-corrected chi connectivity index (χ4v) is 9.75. The average Bonchev–Trinajstić information content (AvgIpc) is 4.08. The van der Waals surface area contributed by atoms with Crippen LogP contribution in [0.4, 0.5) is 4.79 Å². The maximum atomic E-state index is 14.7. The molecule has 3 saturated carbocycles. The predicted octanol–water partition coefficient (Wildman–Crippen LogP) is 6.89. The molecular formula is C44H50N4O9S. The standard InChI is InChI=1S/C44H50N4O9S/c1-43(2,3)57-42(52)46-33-18-11-6-4-5-10-16-27-25-44(27,41(51)48-58(53,54)29-20-21-29)47-40(50)32-23-28(22-31(32)38(33)49)55-36-24-34(26-14-8-7-9-15-26)45-37-30-17-12-13-19-35(30)56-39(36)37/h7-10,12-17,19,24,27-29,31-33H,4-6,11,18,20-23,25H2,1-3H3,(H,46,52)(H,47,50)(H,48,51)/b16-10-/t27-,28+,31?,32-,33+,44-/m1/s1. The van der Waals surface area contributed by atoms with Crippen molar-refractivity contribution >= 4 is 55.8 Å². The van der Waals surface area contributed by atoms with Crippen LogP contribution in [0.3, 0.4) is 0 Å². The summed E-state index contributed by atoms with van der Waals surface area (Å²) in [5.74, 6) is -3.57. The van der Waals surface area contributed by atoms with Gasteiger partial charge in [0, 0.05) is 28.9 Å². The Hall–Kier alpha value is -5.24. The van der Waals surface area contributed by atoms with Crippen molar-refractivity contribution in [2.45, 2.75) is 114 Å². The van der Waals surface area contributed by atoms with Crippen LogP contribution in [0.15, 0.2) is 77.2 Å². The number of carbonyl (C=O) groups excluding carboxylic acids is 4. The zero-order valence-electron chi connectivity index (χ0n) is 33.0. The number of aromatic nitrogens is 1. The summed E-state index contributed by atoms with van der Waals surface area (Å²) in [7, 11) is -3.90. The zero-order valence-corrected chi connectivity index (χ0v) is 33.8. The molecule has 0 bridgehead atoms. The summed E-state index contributed by atoms with van der Waals surface area (Å²) in [4.78, 5) is 61.3. The first kappa shape index (κ1) is 39.6. The van der Waals surface area contributed by atoms with Crippen LogP contribution in [0.5, 0.6) is 5.75 Å². The minimum absolute atomic E-state index is 0.102. The summed E-state index contributed by atoms with van der Waals surface area (Å²) < 4.78 is 46.7. The second-order valence-corrected chi connectivity index (χ2v) is 19.1. The highest BCUT2D eigenvalue weighted by molar-refractivity contribution is 7.91. The number of para-hydroxylation sites is 1. The van der Waals surface area contributed by atoms with Gasteiger partial charge in [-0.15, -0.1) is 0 Å². The monoisotopic (exact) mass is 810 g/mol. The van der Waals surface area contributed by atoms with E-state index in [0.717, 1.165) is 23.8 Å². The van der Waals surface area contributed by atoms with Gasteiger partial charge < -0.3 is 24.5 Å². The molecule has 8 rings (SSSR count). The third kappa shape index (κ3) is 8.34. The average molecular weight is 811 g/mol. The van der Waals surface area contributed by atoms with Gasteiger partial charge in [-0.3, -0.25) is 19.1 Å². The van der Waals surface area contributed by atoms with Crippen LogP contribution in [0, 0.1) is 17.8 Å². The molecule has 6 atom stereocenters. The Bertz CT molecular complexity index is 2380. The summed E-state index contributed by atoms with van der Waals surface area (Å²) in [6.45, 7) is 5.23. The number of nitrogens with one attached hydrogen (secondary N) is 3. The molecule has 1 unspecified atom stereocenters. The summed E-state index contributed by atoms with van der Waals surface area (Å²) in [5, 5.41) is 5.93. The molecule has 0 spiro atoms. The minimum Gasteiger partial charge on any atom is -0.486 e. The quantitative estimate of drug-likeness (QED) is 0.166. The van der Waals surface area contributed by atoms with E-state index in [1.165, 1.54) is 0 Å². The number of hydrogen-bond donors (Lipinski definition) is 3. The maximum Gasteiger partial charge on any atom is 0.408 e. The minimum atomic E-state index is -3.90. The number of benzene rings is 2. The van der Waals surface area contributed by atoms with Crippen LogP contribution in [0.2, 0.25) is 0 Å². The van der Waals surface area contributed by atoms with Crippen LogP contribution < -0.4 is 20.1 Å². The van der Waals surface area contributed by atoms with Crippen molar-refractivity contribution in [2.24, 2.45) is 17.8 Å². The first-order chi connectivity index (χ1) is 27.7. The Morgan fingerprint density at radius 3 is 2.45 bits per heavy atom. The number of allylic oxidation sites excluding steroid dienone is 1. The van der Waals surface area contributed by atoms with Crippen molar-refractivity contribution in [2.75, 3.05) is 0 Å². The molecule has 3 amide bonds. The Morgan fingerprint density at radius 1 is 0.948 bits per heavy atom. The van der Waals surface area contributed by atoms with E-state index in [9.17, 15) is 27.6 Å². The highest BCUT2D eigenvalue weighted by atomic mass is 32.2. The van der Waals surface area contributed by atoms with E-state index >= 15 is 0 Å². The second-order valence-electron chi connectivity index (χ2n) is 17.2. The molecule has 13 nitrogen and oxygen atoms in total. The Balaban J connectivity index is 1.14. The lowest BCUT2D eigenvalue weighted by Crippen LogP contribution is -2.54. The third-order valence-corrected chi connectivity index (χ3v) is 13.4. The fraction of sp³-hybridized carbons (Fsp3) is 0.477. The Morgan fingerprint density at radius 2 is 1.69 bits per heavy atom. The molecule has 4 aliphatic rings. The van der Waals surface area contributed by atoms with Crippen molar-refractivity contribution in [3.05, 3.63) is 72.8 Å². The number of hydrogen-bond acceptors (Lipinski definition) is 10. The molecule has 306 valence electrons. The zero-order chi connectivity index (χ0) is 40.8. The smallest absolute Gasteiger partial charge is 0.408 e. The number of nitrogens with zero attached hydrogens (tertiary/aromatic N) is 1. The van der Waals surface area contributed by atoms with Gasteiger partial charge in [0.2, 0.25) is 15.9 Å². The molecule has 3 N–H and O–H groups in total. The molecular weight excluding hydrogens is 761 g/mol. The van der Waals surface area contributed by atoms with Gasteiger partial charge in [-0.25, -0.2) is 18.2 Å². The second kappa shape index (κ2) is 15.5. The molecule has 3 fully saturated rings. The topological polar surface area (TPSA) is 183 Å². The molecule has 3 aliphatic carbocycles. The van der Waals surface area contributed by atoms with Crippen molar-refractivity contribution < 1.29 is 41.5 Å². The van der Waals surface area contributed by atoms with Gasteiger partial charge in [-0.2, -0.15) is 0 Å². The number of furan rings is 1. The molecule has 0 radical (unpaired) electrons. The van der Waals surface area contributed by atoms with Gasteiger partial charge >= 0.3 is 6.09 Å². The maximum absolute atomic E-state index is 14.7. The molecule has 2 aromatic carbocycles. The van der Waals surface area contributed by atoms with Gasteiger partial charge in [0.05, 0.1) is 22.9 Å². The van der Waals surface area contributed by atoms with E-state index in [0.29, 0.717) is 60.2 Å². The van der Waals surface area contributed by atoms with E-state index in [4.69, 9.17) is 18.9 Å². The van der Waals surface area contributed by atoms with E-state index in [1.807, 2.05) is 66.7 Å². The van der Waals surface area contributed by atoms with Gasteiger partial charge in [-0.05, 0) is 84.3 Å². The van der Waals surface area contributed by atoms with E-state index in [2.05, 4.69) is 15.4 Å². The van der Waals surface area contributed by atoms with E-state index in [1.54, 1.807) is 26.8 Å². The summed E-state index contributed by atoms with van der Waals surface area (Å²) in [6.07, 6.45) is 7.10. The lowest BCUT2D eigenvalue weighted by molar-refractivity contribution is -0.136. The van der Waals surface area contributed by atoms with Crippen LogP contribution in [-0.4, -0.2) is 65.6 Å². The first-order valence-electron chi connectivity index (χ1n) is 20.3. The number of carbonyl (C=O) groups is 4. The number of sulfonamides is 1. The highest BCUT2D eigenvalue weighted by Gasteiger charge is 2.62. The number of pyridine rings is 1. The largest absolute Gasteiger partial charge is 0.486 e. The molecule has 2 aromatic heterocycles. The fourth-order valence-electron chi connectivity index (χ4n) is 8.39. The van der Waals surface area contributed by atoms with Crippen molar-refractivity contribution in [1.29, 1.82) is 0 Å². The number of ketones is 1. The van der Waals surface area contributed by atoms with Crippen molar-refractivity contribution in [3.63, 3.8) is 0 Å². The summed E-state index contributed by atoms with van der Waals surface area (Å²) in [5.41, 5.74) is 0.878. The number of amides is 3. The Labute approximate surface area is 337 Å². The van der Waals surface area contributed by atoms with Crippen molar-refractivity contribution in [1.82, 2.24) is 20.3 Å².